The Morgan fingerprint density at radius 1 is 0.912 bits per heavy atom. The van der Waals surface area contributed by atoms with Gasteiger partial charge in [-0.1, -0.05) is 54.6 Å². The number of anilines is 1. The van der Waals surface area contributed by atoms with Gasteiger partial charge in [0.15, 0.2) is 0 Å². The zero-order valence-corrected chi connectivity index (χ0v) is 18.6. The molecular formula is C28H26N2O4. The minimum Gasteiger partial charge on any atom is -0.493 e. The molecule has 6 nitrogen and oxygen atoms in total. The van der Waals surface area contributed by atoms with Gasteiger partial charge in [-0.2, -0.15) is 0 Å². The van der Waals surface area contributed by atoms with Crippen LogP contribution in [0.3, 0.4) is 0 Å². The maximum atomic E-state index is 13.2. The zero-order valence-electron chi connectivity index (χ0n) is 18.6. The number of carbonyl (C=O) groups excluding carboxylic acids is 2. The first kappa shape index (κ1) is 23.0. The Bertz CT molecular complexity index is 1180. The van der Waals surface area contributed by atoms with Gasteiger partial charge in [0, 0.05) is 17.3 Å². The number of rotatable bonds is 9. The van der Waals surface area contributed by atoms with Gasteiger partial charge in [-0.15, -0.1) is 0 Å². The molecule has 34 heavy (non-hydrogen) atoms. The fourth-order valence-electron chi connectivity index (χ4n) is 3.31. The highest BCUT2D eigenvalue weighted by Crippen LogP contribution is 2.30. The largest absolute Gasteiger partial charge is 0.493 e. The third-order valence-corrected chi connectivity index (χ3v) is 5.41. The Morgan fingerprint density at radius 2 is 1.59 bits per heavy atom. The molecule has 3 aromatic rings. The van der Waals surface area contributed by atoms with Gasteiger partial charge in [0.2, 0.25) is 0 Å². The van der Waals surface area contributed by atoms with Crippen LogP contribution in [0.2, 0.25) is 0 Å². The van der Waals surface area contributed by atoms with Gasteiger partial charge in [-0.05, 0) is 71.9 Å². The molecule has 0 bridgehead atoms. The van der Waals surface area contributed by atoms with Crippen molar-refractivity contribution in [2.24, 2.45) is 5.92 Å². The average Bonchev–Trinajstić information content (AvgIpc) is 3.71. The highest BCUT2D eigenvalue weighted by molar-refractivity contribution is 6.29. The van der Waals surface area contributed by atoms with E-state index in [1.807, 2.05) is 84.9 Å². The number of amides is 2. The Kier molecular flexibility index (Phi) is 7.53. The van der Waals surface area contributed by atoms with E-state index in [1.165, 1.54) is 18.9 Å². The molecule has 172 valence electrons. The van der Waals surface area contributed by atoms with Crippen LogP contribution in [-0.4, -0.2) is 23.6 Å². The maximum absolute atomic E-state index is 13.2. The quantitative estimate of drug-likeness (QED) is 0.180. The SMILES string of the molecule is O=C(/C=C/c1ccc(/C=C(\C(=O)Nc2ccccc2)c2ccc(OCC3CC3)cc2)cc1)NO. The van der Waals surface area contributed by atoms with Gasteiger partial charge in [0.05, 0.1) is 6.61 Å². The van der Waals surface area contributed by atoms with E-state index in [9.17, 15) is 9.59 Å². The second-order valence-electron chi connectivity index (χ2n) is 8.13. The molecule has 2 amide bonds. The number of para-hydroxylation sites is 1. The molecule has 1 aliphatic carbocycles. The molecule has 0 spiro atoms. The molecule has 1 aliphatic rings. The maximum Gasteiger partial charge on any atom is 0.267 e. The number of hydrogen-bond acceptors (Lipinski definition) is 4. The highest BCUT2D eigenvalue weighted by atomic mass is 16.5. The molecule has 3 N–H and O–H groups in total. The monoisotopic (exact) mass is 454 g/mol. The van der Waals surface area contributed by atoms with Gasteiger partial charge in [-0.3, -0.25) is 14.8 Å². The van der Waals surface area contributed by atoms with E-state index in [2.05, 4.69) is 5.32 Å². The standard InChI is InChI=1S/C28H26N2O4/c31-27(30-33)17-12-20-6-8-21(9-7-20)18-26(28(32)29-24-4-2-1-3-5-24)23-13-15-25(16-14-23)34-19-22-10-11-22/h1-9,12-18,22,33H,10-11,19H2,(H,29,32)(H,30,31)/b17-12+,26-18-. The lowest BCUT2D eigenvalue weighted by Crippen LogP contribution is -2.14. The number of carbonyl (C=O) groups is 2. The summed E-state index contributed by atoms with van der Waals surface area (Å²) in [6.07, 6.45) is 7.10. The molecule has 1 saturated carbocycles. The molecule has 0 saturated heterocycles. The number of hydroxylamine groups is 1. The van der Waals surface area contributed by atoms with Crippen molar-refractivity contribution in [3.63, 3.8) is 0 Å². The van der Waals surface area contributed by atoms with Crippen LogP contribution in [0.1, 0.15) is 29.5 Å². The van der Waals surface area contributed by atoms with E-state index in [0.29, 0.717) is 17.2 Å². The smallest absolute Gasteiger partial charge is 0.267 e. The van der Waals surface area contributed by atoms with Crippen molar-refractivity contribution in [1.82, 2.24) is 5.48 Å². The summed E-state index contributed by atoms with van der Waals surface area (Å²) in [5, 5.41) is 11.5. The fourth-order valence-corrected chi connectivity index (χ4v) is 3.31. The summed E-state index contributed by atoms with van der Waals surface area (Å²) in [4.78, 5) is 24.4. The first-order valence-electron chi connectivity index (χ1n) is 11.1. The summed E-state index contributed by atoms with van der Waals surface area (Å²) < 4.78 is 5.83. The minimum absolute atomic E-state index is 0.221. The molecule has 0 aliphatic heterocycles. The van der Waals surface area contributed by atoms with Crippen LogP contribution in [0.25, 0.3) is 17.7 Å². The van der Waals surface area contributed by atoms with Gasteiger partial charge in [0.1, 0.15) is 5.75 Å². The molecular weight excluding hydrogens is 428 g/mol. The van der Waals surface area contributed by atoms with Gasteiger partial charge in [-0.25, -0.2) is 5.48 Å². The summed E-state index contributed by atoms with van der Waals surface area (Å²) in [5.74, 6) is 0.638. The van der Waals surface area contributed by atoms with E-state index < -0.39 is 5.91 Å². The number of nitrogens with one attached hydrogen (secondary N) is 2. The predicted octanol–water partition coefficient (Wildman–Crippen LogP) is 5.17. The predicted molar refractivity (Wildman–Crippen MR) is 133 cm³/mol. The van der Waals surface area contributed by atoms with Crippen molar-refractivity contribution in [3.05, 3.63) is 102 Å². The van der Waals surface area contributed by atoms with Crippen LogP contribution in [0.4, 0.5) is 5.69 Å². The van der Waals surface area contributed by atoms with Gasteiger partial charge in [0.25, 0.3) is 11.8 Å². The molecule has 1 fully saturated rings. The molecule has 0 aromatic heterocycles. The van der Waals surface area contributed by atoms with Crippen LogP contribution >= 0.6 is 0 Å². The molecule has 6 heteroatoms. The zero-order chi connectivity index (χ0) is 23.8. The summed E-state index contributed by atoms with van der Waals surface area (Å²) in [7, 11) is 0. The second-order valence-corrected chi connectivity index (χ2v) is 8.13. The lowest BCUT2D eigenvalue weighted by atomic mass is 10.0. The third kappa shape index (κ3) is 6.67. The minimum atomic E-state index is -0.603. The lowest BCUT2D eigenvalue weighted by molar-refractivity contribution is -0.124. The number of benzene rings is 3. The molecule has 4 rings (SSSR count). The van der Waals surface area contributed by atoms with Crippen LogP contribution in [0.15, 0.2) is 84.9 Å². The Balaban J connectivity index is 1.57. The Hall–Kier alpha value is -4.16. The summed E-state index contributed by atoms with van der Waals surface area (Å²) >= 11 is 0. The Morgan fingerprint density at radius 3 is 2.24 bits per heavy atom. The molecule has 0 heterocycles. The first-order chi connectivity index (χ1) is 16.6. The van der Waals surface area contributed by atoms with Crippen LogP contribution < -0.4 is 15.5 Å². The third-order valence-electron chi connectivity index (χ3n) is 5.41. The summed E-state index contributed by atoms with van der Waals surface area (Å²) in [6, 6.07) is 24.3. The molecule has 0 unspecified atom stereocenters. The van der Waals surface area contributed by atoms with Crippen LogP contribution in [0.5, 0.6) is 5.75 Å². The Labute approximate surface area is 198 Å². The molecule has 3 aromatic carbocycles. The van der Waals surface area contributed by atoms with E-state index in [1.54, 1.807) is 11.6 Å². The molecule has 0 radical (unpaired) electrons. The van der Waals surface area contributed by atoms with E-state index in [4.69, 9.17) is 9.94 Å². The average molecular weight is 455 g/mol. The lowest BCUT2D eigenvalue weighted by Gasteiger charge is -2.11. The number of hydrogen-bond donors (Lipinski definition) is 3. The van der Waals surface area contributed by atoms with Crippen molar-refractivity contribution in [3.8, 4) is 5.75 Å². The van der Waals surface area contributed by atoms with Crippen molar-refractivity contribution >= 4 is 35.2 Å². The van der Waals surface area contributed by atoms with Crippen molar-refractivity contribution < 1.29 is 19.5 Å². The topological polar surface area (TPSA) is 87.7 Å². The number of ether oxygens (including phenoxy) is 1. The second kappa shape index (κ2) is 11.1. The fraction of sp³-hybridized carbons (Fsp3) is 0.143. The van der Waals surface area contributed by atoms with E-state index in [-0.39, 0.29) is 5.91 Å². The summed E-state index contributed by atoms with van der Waals surface area (Å²) in [5.41, 5.74) is 5.17. The van der Waals surface area contributed by atoms with Crippen molar-refractivity contribution in [2.45, 2.75) is 12.8 Å². The molecule has 0 atom stereocenters. The van der Waals surface area contributed by atoms with Crippen molar-refractivity contribution in [2.75, 3.05) is 11.9 Å². The van der Waals surface area contributed by atoms with Crippen LogP contribution in [-0.2, 0) is 9.59 Å². The van der Waals surface area contributed by atoms with Gasteiger partial charge < -0.3 is 10.1 Å². The van der Waals surface area contributed by atoms with E-state index >= 15 is 0 Å². The van der Waals surface area contributed by atoms with Gasteiger partial charge >= 0.3 is 0 Å². The highest BCUT2D eigenvalue weighted by Gasteiger charge is 2.22. The van der Waals surface area contributed by atoms with Crippen molar-refractivity contribution in [1.29, 1.82) is 0 Å². The van der Waals surface area contributed by atoms with E-state index in [0.717, 1.165) is 29.0 Å². The van der Waals surface area contributed by atoms with Crippen LogP contribution in [0, 0.1) is 5.92 Å². The normalized spacial score (nSPS) is 13.5. The summed E-state index contributed by atoms with van der Waals surface area (Å²) in [6.45, 7) is 0.733. The first-order valence-corrected chi connectivity index (χ1v) is 11.1.